The molecule has 0 radical (unpaired) electrons. The lowest BCUT2D eigenvalue weighted by molar-refractivity contribution is 0.0950. The Morgan fingerprint density at radius 1 is 0.912 bits per heavy atom. The van der Waals surface area contributed by atoms with Crippen molar-refractivity contribution in [1.82, 2.24) is 5.32 Å². The maximum absolute atomic E-state index is 13.3. The van der Waals surface area contributed by atoms with E-state index in [0.29, 0.717) is 34.3 Å². The Morgan fingerprint density at radius 2 is 1.65 bits per heavy atom. The number of nitrogens with zero attached hydrogens (tertiary/aromatic N) is 1. The highest BCUT2D eigenvalue weighted by atomic mass is 35.5. The summed E-state index contributed by atoms with van der Waals surface area (Å²) in [4.78, 5) is 28.3. The number of rotatable bonds is 6. The third-order valence-electron chi connectivity index (χ3n) is 6.10. The number of halogens is 2. The minimum Gasteiger partial charge on any atom is -0.371 e. The molecule has 1 fully saturated rings. The summed E-state index contributed by atoms with van der Waals surface area (Å²) >= 11 is 12.1. The van der Waals surface area contributed by atoms with E-state index in [9.17, 15) is 9.59 Å². The van der Waals surface area contributed by atoms with Crippen LogP contribution in [0.4, 0.5) is 11.4 Å². The van der Waals surface area contributed by atoms with Crippen molar-refractivity contribution in [2.75, 3.05) is 23.3 Å². The minimum absolute atomic E-state index is 0.182. The van der Waals surface area contributed by atoms with Crippen molar-refractivity contribution in [2.24, 2.45) is 5.92 Å². The number of amides is 2. The number of carbonyl (C=O) groups excluding carboxylic acids is 2. The van der Waals surface area contributed by atoms with Crippen molar-refractivity contribution in [1.29, 1.82) is 0 Å². The molecule has 34 heavy (non-hydrogen) atoms. The molecule has 4 rings (SSSR count). The lowest BCUT2D eigenvalue weighted by atomic mass is 9.97. The Bertz CT molecular complexity index is 1180. The molecule has 0 saturated carbocycles. The molecular formula is C27H27Cl2N3O2. The van der Waals surface area contributed by atoms with E-state index in [4.69, 9.17) is 23.2 Å². The summed E-state index contributed by atoms with van der Waals surface area (Å²) in [7, 11) is 0. The quantitative estimate of drug-likeness (QED) is 0.415. The van der Waals surface area contributed by atoms with Crippen molar-refractivity contribution in [3.8, 4) is 0 Å². The molecule has 2 amide bonds. The van der Waals surface area contributed by atoms with Crippen LogP contribution < -0.4 is 15.5 Å². The van der Waals surface area contributed by atoms with E-state index in [-0.39, 0.29) is 16.8 Å². The van der Waals surface area contributed by atoms with Gasteiger partial charge in [0.25, 0.3) is 11.8 Å². The molecule has 1 heterocycles. The summed E-state index contributed by atoms with van der Waals surface area (Å²) in [6, 6.07) is 20.0. The van der Waals surface area contributed by atoms with Crippen LogP contribution in [0.25, 0.3) is 0 Å². The number of anilines is 2. The Labute approximate surface area is 210 Å². The second kappa shape index (κ2) is 10.9. The van der Waals surface area contributed by atoms with Gasteiger partial charge in [-0.1, -0.05) is 60.5 Å². The summed E-state index contributed by atoms with van der Waals surface area (Å²) in [5.74, 6) is 0.129. The molecule has 1 aliphatic heterocycles. The van der Waals surface area contributed by atoms with E-state index in [1.807, 2.05) is 42.5 Å². The maximum atomic E-state index is 13.3. The van der Waals surface area contributed by atoms with E-state index >= 15 is 0 Å². The average molecular weight is 496 g/mol. The average Bonchev–Trinajstić information content (AvgIpc) is 2.83. The fourth-order valence-electron chi connectivity index (χ4n) is 4.07. The standard InChI is InChI=1S/C27H27Cl2N3O2/c1-18-11-13-32(14-12-18)25-10-8-21(31-27(34)22-9-7-20(28)15-24(22)29)16-23(25)26(33)30-17-19-5-3-2-4-6-19/h2-10,15-16,18H,11-14,17H2,1H3,(H,30,33)(H,31,34). The first-order valence-corrected chi connectivity index (χ1v) is 12.1. The third kappa shape index (κ3) is 5.91. The van der Waals surface area contributed by atoms with Gasteiger partial charge in [-0.25, -0.2) is 0 Å². The second-order valence-electron chi connectivity index (χ2n) is 8.65. The maximum Gasteiger partial charge on any atom is 0.257 e. The van der Waals surface area contributed by atoms with Gasteiger partial charge in [0.15, 0.2) is 0 Å². The lowest BCUT2D eigenvalue weighted by Gasteiger charge is -2.33. The summed E-state index contributed by atoms with van der Waals surface area (Å²) < 4.78 is 0. The van der Waals surface area contributed by atoms with Crippen molar-refractivity contribution in [3.05, 3.63) is 93.5 Å². The van der Waals surface area contributed by atoms with Crippen LogP contribution in [0.1, 0.15) is 46.0 Å². The zero-order valence-electron chi connectivity index (χ0n) is 19.0. The fourth-order valence-corrected chi connectivity index (χ4v) is 4.56. The smallest absolute Gasteiger partial charge is 0.257 e. The van der Waals surface area contributed by atoms with Crippen molar-refractivity contribution >= 4 is 46.4 Å². The fraction of sp³-hybridized carbons (Fsp3) is 0.259. The molecule has 0 bridgehead atoms. The number of nitrogens with one attached hydrogen (secondary N) is 2. The molecule has 3 aromatic carbocycles. The van der Waals surface area contributed by atoms with Gasteiger partial charge in [0.2, 0.25) is 0 Å². The zero-order chi connectivity index (χ0) is 24.1. The monoisotopic (exact) mass is 495 g/mol. The van der Waals surface area contributed by atoms with Gasteiger partial charge >= 0.3 is 0 Å². The van der Waals surface area contributed by atoms with Crippen LogP contribution in [-0.2, 0) is 6.54 Å². The van der Waals surface area contributed by atoms with Crippen molar-refractivity contribution in [3.63, 3.8) is 0 Å². The number of hydrogen-bond donors (Lipinski definition) is 2. The zero-order valence-corrected chi connectivity index (χ0v) is 20.5. The summed E-state index contributed by atoms with van der Waals surface area (Å²) in [5, 5.41) is 6.60. The topological polar surface area (TPSA) is 61.4 Å². The first-order valence-electron chi connectivity index (χ1n) is 11.4. The Morgan fingerprint density at radius 3 is 2.35 bits per heavy atom. The highest BCUT2D eigenvalue weighted by Gasteiger charge is 2.22. The van der Waals surface area contributed by atoms with E-state index in [2.05, 4.69) is 22.5 Å². The Balaban J connectivity index is 1.58. The second-order valence-corrected chi connectivity index (χ2v) is 9.49. The number of piperidine rings is 1. The van der Waals surface area contributed by atoms with Crippen LogP contribution in [0.2, 0.25) is 10.0 Å². The molecule has 0 aliphatic carbocycles. The van der Waals surface area contributed by atoms with Crippen molar-refractivity contribution in [2.45, 2.75) is 26.3 Å². The molecule has 176 valence electrons. The van der Waals surface area contributed by atoms with E-state index < -0.39 is 0 Å². The molecule has 5 nitrogen and oxygen atoms in total. The van der Waals surface area contributed by atoms with E-state index in [0.717, 1.165) is 37.2 Å². The van der Waals surface area contributed by atoms with Gasteiger partial charge in [-0.15, -0.1) is 0 Å². The Hall–Kier alpha value is -3.02. The molecule has 1 saturated heterocycles. The van der Waals surface area contributed by atoms with Gasteiger partial charge in [0, 0.05) is 36.0 Å². The van der Waals surface area contributed by atoms with Crippen LogP contribution in [0, 0.1) is 5.92 Å². The molecule has 0 aromatic heterocycles. The molecular weight excluding hydrogens is 469 g/mol. The van der Waals surface area contributed by atoms with E-state index in [1.54, 1.807) is 18.2 Å². The first-order chi connectivity index (χ1) is 16.4. The normalized spacial score (nSPS) is 14.0. The largest absolute Gasteiger partial charge is 0.371 e. The van der Waals surface area contributed by atoms with Crippen LogP contribution in [-0.4, -0.2) is 24.9 Å². The number of hydrogen-bond acceptors (Lipinski definition) is 3. The van der Waals surface area contributed by atoms with Crippen molar-refractivity contribution < 1.29 is 9.59 Å². The lowest BCUT2D eigenvalue weighted by Crippen LogP contribution is -2.35. The van der Waals surface area contributed by atoms with E-state index in [1.165, 1.54) is 6.07 Å². The summed E-state index contributed by atoms with van der Waals surface area (Å²) in [5.41, 5.74) is 3.27. The predicted octanol–water partition coefficient (Wildman–Crippen LogP) is 6.41. The SMILES string of the molecule is CC1CCN(c2ccc(NC(=O)c3ccc(Cl)cc3Cl)cc2C(=O)NCc2ccccc2)CC1. The number of carbonyl (C=O) groups is 2. The summed E-state index contributed by atoms with van der Waals surface area (Å²) in [6.45, 7) is 4.47. The van der Waals surface area contributed by atoms with Crippen LogP contribution in [0.3, 0.4) is 0 Å². The van der Waals surface area contributed by atoms with Gasteiger partial charge in [-0.3, -0.25) is 9.59 Å². The number of benzene rings is 3. The molecule has 2 N–H and O–H groups in total. The Kier molecular flexibility index (Phi) is 7.76. The minimum atomic E-state index is -0.364. The van der Waals surface area contributed by atoms with Gasteiger partial charge in [-0.2, -0.15) is 0 Å². The highest BCUT2D eigenvalue weighted by molar-refractivity contribution is 6.37. The molecule has 7 heteroatoms. The molecule has 0 atom stereocenters. The molecule has 1 aliphatic rings. The van der Waals surface area contributed by atoms with Crippen LogP contribution >= 0.6 is 23.2 Å². The van der Waals surface area contributed by atoms with Gasteiger partial charge in [-0.05, 0) is 60.7 Å². The molecule has 0 spiro atoms. The van der Waals surface area contributed by atoms with Crippen LogP contribution in [0.5, 0.6) is 0 Å². The molecule has 3 aromatic rings. The van der Waals surface area contributed by atoms with Crippen LogP contribution in [0.15, 0.2) is 66.7 Å². The van der Waals surface area contributed by atoms with Gasteiger partial charge in [0.05, 0.1) is 16.1 Å². The third-order valence-corrected chi connectivity index (χ3v) is 6.64. The highest BCUT2D eigenvalue weighted by Crippen LogP contribution is 2.29. The molecule has 0 unspecified atom stereocenters. The first kappa shape index (κ1) is 24.1. The summed E-state index contributed by atoms with van der Waals surface area (Å²) in [6.07, 6.45) is 2.16. The predicted molar refractivity (Wildman–Crippen MR) is 139 cm³/mol. The van der Waals surface area contributed by atoms with Gasteiger partial charge < -0.3 is 15.5 Å². The van der Waals surface area contributed by atoms with Gasteiger partial charge in [0.1, 0.15) is 0 Å².